The third-order valence-electron chi connectivity index (χ3n) is 7.23. The first kappa shape index (κ1) is 18.8. The van der Waals surface area contributed by atoms with Crippen molar-refractivity contribution in [2.45, 2.75) is 57.3 Å². The summed E-state index contributed by atoms with van der Waals surface area (Å²) in [7, 11) is 2.20. The predicted molar refractivity (Wildman–Crippen MR) is 107 cm³/mol. The van der Waals surface area contributed by atoms with E-state index in [2.05, 4.69) is 28.6 Å². The van der Waals surface area contributed by atoms with E-state index in [9.17, 15) is 14.4 Å². The van der Waals surface area contributed by atoms with Gasteiger partial charge in [-0.1, -0.05) is 12.1 Å². The van der Waals surface area contributed by atoms with Crippen LogP contribution in [0.3, 0.4) is 0 Å². The lowest BCUT2D eigenvalue weighted by molar-refractivity contribution is -0.136. The Labute approximate surface area is 170 Å². The molecule has 1 aliphatic carbocycles. The van der Waals surface area contributed by atoms with Crippen molar-refractivity contribution in [3.63, 3.8) is 0 Å². The van der Waals surface area contributed by atoms with Crippen LogP contribution in [-0.4, -0.2) is 59.7 Å². The van der Waals surface area contributed by atoms with Crippen molar-refractivity contribution in [1.29, 1.82) is 0 Å². The van der Waals surface area contributed by atoms with Gasteiger partial charge in [0.2, 0.25) is 11.8 Å². The molecule has 1 saturated carbocycles. The molecule has 3 fully saturated rings. The van der Waals surface area contributed by atoms with Gasteiger partial charge in [0.05, 0.1) is 0 Å². The number of benzene rings is 1. The third kappa shape index (κ3) is 3.26. The Hall–Kier alpha value is -2.25. The highest BCUT2D eigenvalue weighted by Gasteiger charge is 2.51. The zero-order chi connectivity index (χ0) is 20.2. The molecule has 2 saturated heterocycles. The zero-order valence-electron chi connectivity index (χ0n) is 16.9. The molecule has 2 atom stereocenters. The van der Waals surface area contributed by atoms with Crippen LogP contribution in [0.5, 0.6) is 0 Å². The molecular formula is C22H28N4O3. The number of hydrogen-bond acceptors (Lipinski definition) is 5. The largest absolute Gasteiger partial charge is 0.322 e. The van der Waals surface area contributed by atoms with Crippen LogP contribution in [0.4, 0.5) is 0 Å². The summed E-state index contributed by atoms with van der Waals surface area (Å²) in [5.41, 5.74) is 3.25. The summed E-state index contributed by atoms with van der Waals surface area (Å²) in [6.07, 6.45) is 4.46. The lowest BCUT2D eigenvalue weighted by atomic mass is 9.88. The Bertz CT molecular complexity index is 879. The predicted octanol–water partition coefficient (Wildman–Crippen LogP) is 1.02. The number of fused-ring (bicyclic) bond motifs is 1. The van der Waals surface area contributed by atoms with Crippen LogP contribution >= 0.6 is 0 Å². The smallest absolute Gasteiger partial charge is 0.255 e. The number of nitrogens with zero attached hydrogens (tertiary/aromatic N) is 2. The average molecular weight is 396 g/mol. The average Bonchev–Trinajstić information content (AvgIpc) is 3.38. The summed E-state index contributed by atoms with van der Waals surface area (Å²) < 4.78 is 0. The first-order chi connectivity index (χ1) is 14.0. The highest BCUT2D eigenvalue weighted by atomic mass is 16.2. The standard InChI is InChI=1S/C22H28N4O3/c1-25(18-6-9-23-13-22(18)7-8-22)11-14-2-3-15-12-26(21(29)16(15)10-14)17-4-5-19(27)24-20(17)28/h2-3,10,17-18,23H,4-9,11-13H2,1H3,(H,24,27,28). The molecular weight excluding hydrogens is 368 g/mol. The number of carbonyl (C=O) groups excluding carboxylic acids is 3. The number of amides is 3. The minimum Gasteiger partial charge on any atom is -0.322 e. The summed E-state index contributed by atoms with van der Waals surface area (Å²) in [6.45, 7) is 3.45. The number of nitrogens with one attached hydrogen (secondary N) is 2. The van der Waals surface area contributed by atoms with E-state index in [0.29, 0.717) is 30.0 Å². The molecule has 7 heteroatoms. The normalized spacial score (nSPS) is 28.1. The summed E-state index contributed by atoms with van der Waals surface area (Å²) in [5, 5.41) is 5.90. The van der Waals surface area contributed by atoms with Gasteiger partial charge in [-0.25, -0.2) is 0 Å². The molecule has 3 heterocycles. The van der Waals surface area contributed by atoms with Crippen molar-refractivity contribution in [2.75, 3.05) is 20.1 Å². The maximum Gasteiger partial charge on any atom is 0.255 e. The maximum atomic E-state index is 13.0. The summed E-state index contributed by atoms with van der Waals surface area (Å²) in [6, 6.07) is 6.17. The maximum absolute atomic E-state index is 13.0. The van der Waals surface area contributed by atoms with Crippen LogP contribution in [0.2, 0.25) is 0 Å². The van der Waals surface area contributed by atoms with E-state index < -0.39 is 6.04 Å². The Morgan fingerprint density at radius 1 is 1.21 bits per heavy atom. The number of carbonyl (C=O) groups is 3. The molecule has 1 aromatic rings. The Balaban J connectivity index is 1.30. The second kappa shape index (κ2) is 6.92. The lowest BCUT2D eigenvalue weighted by Crippen LogP contribution is -2.52. The van der Waals surface area contributed by atoms with Gasteiger partial charge >= 0.3 is 0 Å². The highest BCUT2D eigenvalue weighted by Crippen LogP contribution is 2.52. The molecule has 154 valence electrons. The van der Waals surface area contributed by atoms with Gasteiger partial charge in [0, 0.05) is 37.7 Å². The van der Waals surface area contributed by atoms with E-state index in [1.54, 1.807) is 4.90 Å². The SMILES string of the molecule is CN(Cc1ccc2c(c1)C(=O)N(C1CCC(=O)NC1=O)C2)C1CCNCC12CC2. The van der Waals surface area contributed by atoms with Crippen LogP contribution in [0.15, 0.2) is 18.2 Å². The molecule has 2 N–H and O–H groups in total. The fourth-order valence-corrected chi connectivity index (χ4v) is 5.46. The van der Waals surface area contributed by atoms with E-state index in [4.69, 9.17) is 0 Å². The summed E-state index contributed by atoms with van der Waals surface area (Å²) in [4.78, 5) is 40.7. The number of piperidine rings is 2. The molecule has 3 amide bonds. The highest BCUT2D eigenvalue weighted by molar-refractivity contribution is 6.05. The number of imide groups is 1. The molecule has 1 aromatic carbocycles. The fourth-order valence-electron chi connectivity index (χ4n) is 5.46. The van der Waals surface area contributed by atoms with E-state index in [1.807, 2.05) is 12.1 Å². The first-order valence-corrected chi connectivity index (χ1v) is 10.6. The summed E-state index contributed by atoms with van der Waals surface area (Å²) >= 11 is 0. The summed E-state index contributed by atoms with van der Waals surface area (Å²) in [5.74, 6) is -0.713. The molecule has 0 aromatic heterocycles. The van der Waals surface area contributed by atoms with E-state index in [1.165, 1.54) is 19.3 Å². The monoisotopic (exact) mass is 396 g/mol. The van der Waals surface area contributed by atoms with Crippen LogP contribution in [0, 0.1) is 5.41 Å². The van der Waals surface area contributed by atoms with Gasteiger partial charge in [0.25, 0.3) is 5.91 Å². The Morgan fingerprint density at radius 3 is 2.79 bits per heavy atom. The third-order valence-corrected chi connectivity index (χ3v) is 7.23. The quantitative estimate of drug-likeness (QED) is 0.743. The molecule has 4 aliphatic rings. The van der Waals surface area contributed by atoms with E-state index >= 15 is 0 Å². The molecule has 2 unspecified atom stereocenters. The van der Waals surface area contributed by atoms with Crippen LogP contribution in [0.1, 0.15) is 53.6 Å². The van der Waals surface area contributed by atoms with Gasteiger partial charge in [-0.15, -0.1) is 0 Å². The van der Waals surface area contributed by atoms with Gasteiger partial charge in [-0.2, -0.15) is 0 Å². The van der Waals surface area contributed by atoms with E-state index in [-0.39, 0.29) is 24.1 Å². The molecule has 7 nitrogen and oxygen atoms in total. The van der Waals surface area contributed by atoms with Crippen LogP contribution < -0.4 is 10.6 Å². The fraction of sp³-hybridized carbons (Fsp3) is 0.591. The van der Waals surface area contributed by atoms with Crippen molar-refractivity contribution >= 4 is 17.7 Å². The van der Waals surface area contributed by atoms with Gasteiger partial charge < -0.3 is 10.2 Å². The van der Waals surface area contributed by atoms with Crippen molar-refractivity contribution in [3.05, 3.63) is 34.9 Å². The Morgan fingerprint density at radius 2 is 2.03 bits per heavy atom. The van der Waals surface area contributed by atoms with Gasteiger partial charge in [0.1, 0.15) is 6.04 Å². The van der Waals surface area contributed by atoms with Crippen molar-refractivity contribution in [3.8, 4) is 0 Å². The molecule has 0 bridgehead atoms. The second-order valence-corrected chi connectivity index (χ2v) is 9.15. The van der Waals surface area contributed by atoms with Gasteiger partial charge in [-0.3, -0.25) is 24.6 Å². The lowest BCUT2D eigenvalue weighted by Gasteiger charge is -2.39. The van der Waals surface area contributed by atoms with Gasteiger partial charge in [0.15, 0.2) is 0 Å². The molecule has 5 rings (SSSR count). The second-order valence-electron chi connectivity index (χ2n) is 9.15. The Kier molecular flexibility index (Phi) is 4.47. The minimum absolute atomic E-state index is 0.0977. The van der Waals surface area contributed by atoms with Crippen LogP contribution in [-0.2, 0) is 22.7 Å². The van der Waals surface area contributed by atoms with Crippen molar-refractivity contribution in [1.82, 2.24) is 20.4 Å². The molecule has 3 aliphatic heterocycles. The van der Waals surface area contributed by atoms with Crippen molar-refractivity contribution in [2.24, 2.45) is 5.41 Å². The molecule has 29 heavy (non-hydrogen) atoms. The molecule has 0 radical (unpaired) electrons. The van der Waals surface area contributed by atoms with E-state index in [0.717, 1.165) is 30.8 Å². The van der Waals surface area contributed by atoms with Crippen LogP contribution in [0.25, 0.3) is 0 Å². The zero-order valence-corrected chi connectivity index (χ0v) is 16.9. The topological polar surface area (TPSA) is 81.8 Å². The number of hydrogen-bond donors (Lipinski definition) is 2. The van der Waals surface area contributed by atoms with Crippen molar-refractivity contribution < 1.29 is 14.4 Å². The molecule has 1 spiro atoms. The minimum atomic E-state index is -0.553. The number of rotatable bonds is 4. The first-order valence-electron chi connectivity index (χ1n) is 10.6. The van der Waals surface area contributed by atoms with Gasteiger partial charge in [-0.05, 0) is 61.9 Å².